The zero-order valence-electron chi connectivity index (χ0n) is 15.1. The van der Waals surface area contributed by atoms with Gasteiger partial charge in [-0.2, -0.15) is 0 Å². The van der Waals surface area contributed by atoms with Crippen LogP contribution in [0.3, 0.4) is 0 Å². The summed E-state index contributed by atoms with van der Waals surface area (Å²) in [5, 5.41) is 7.04. The Kier molecular flexibility index (Phi) is 5.99. The molecule has 2 heterocycles. The van der Waals surface area contributed by atoms with E-state index in [4.69, 9.17) is 0 Å². The van der Waals surface area contributed by atoms with Crippen molar-refractivity contribution in [1.82, 2.24) is 15.3 Å². The molecule has 6 heteroatoms. The first-order valence-corrected chi connectivity index (χ1v) is 10.9. The van der Waals surface area contributed by atoms with Crippen LogP contribution >= 0.6 is 23.1 Å². The number of thioether (sulfide) groups is 1. The molecule has 28 heavy (non-hydrogen) atoms. The van der Waals surface area contributed by atoms with Gasteiger partial charge in [0.2, 0.25) is 5.91 Å². The first kappa shape index (κ1) is 18.7. The van der Waals surface area contributed by atoms with E-state index in [0.717, 1.165) is 27.2 Å². The van der Waals surface area contributed by atoms with Crippen LogP contribution in [0.15, 0.2) is 83.5 Å². The van der Waals surface area contributed by atoms with Crippen molar-refractivity contribution < 1.29 is 4.79 Å². The van der Waals surface area contributed by atoms with Gasteiger partial charge in [-0.15, -0.1) is 11.3 Å². The van der Waals surface area contributed by atoms with Crippen LogP contribution in [-0.4, -0.2) is 21.6 Å². The summed E-state index contributed by atoms with van der Waals surface area (Å²) in [5.74, 6) is 0.317. The molecule has 4 nitrogen and oxygen atoms in total. The first-order valence-electron chi connectivity index (χ1n) is 8.99. The lowest BCUT2D eigenvalue weighted by atomic mass is 9.99. The van der Waals surface area contributed by atoms with Gasteiger partial charge in [-0.3, -0.25) is 4.79 Å². The zero-order valence-corrected chi connectivity index (χ0v) is 16.7. The number of nitrogens with zero attached hydrogens (tertiary/aromatic N) is 2. The van der Waals surface area contributed by atoms with E-state index in [9.17, 15) is 4.79 Å². The molecule has 1 amide bonds. The average molecular weight is 406 g/mol. The van der Waals surface area contributed by atoms with Crippen molar-refractivity contribution in [2.45, 2.75) is 17.5 Å². The molecule has 0 fully saturated rings. The van der Waals surface area contributed by atoms with Crippen LogP contribution in [-0.2, 0) is 11.2 Å². The minimum Gasteiger partial charge on any atom is -0.348 e. The van der Waals surface area contributed by atoms with Crippen LogP contribution in [0.5, 0.6) is 0 Å². The van der Waals surface area contributed by atoms with E-state index in [-0.39, 0.29) is 11.9 Å². The highest BCUT2D eigenvalue weighted by Crippen LogP contribution is 2.27. The van der Waals surface area contributed by atoms with E-state index in [1.807, 2.05) is 47.8 Å². The summed E-state index contributed by atoms with van der Waals surface area (Å²) in [6, 6.07) is 22.3. The highest BCUT2D eigenvalue weighted by atomic mass is 32.2. The van der Waals surface area contributed by atoms with Crippen LogP contribution in [0.25, 0.3) is 10.2 Å². The normalized spacial score (nSPS) is 12.0. The number of rotatable bonds is 7. The molecule has 2 aromatic heterocycles. The molecule has 0 aliphatic heterocycles. The molecule has 0 aliphatic carbocycles. The van der Waals surface area contributed by atoms with E-state index in [1.165, 1.54) is 17.3 Å². The molecule has 0 saturated heterocycles. The SMILES string of the molecule is O=C(CSc1ncnc2sccc12)N[C@H](Cc1ccccc1)c1ccccc1. The van der Waals surface area contributed by atoms with Crippen LogP contribution in [0, 0.1) is 0 Å². The van der Waals surface area contributed by atoms with Crippen LogP contribution in [0.4, 0.5) is 0 Å². The average Bonchev–Trinajstić information content (AvgIpc) is 3.23. The number of nitrogens with one attached hydrogen (secondary N) is 1. The first-order chi connectivity index (χ1) is 13.8. The Labute approximate surface area is 172 Å². The van der Waals surface area contributed by atoms with Crippen molar-refractivity contribution in [2.75, 3.05) is 5.75 Å². The topological polar surface area (TPSA) is 54.9 Å². The van der Waals surface area contributed by atoms with E-state index < -0.39 is 0 Å². The minimum absolute atomic E-state index is 0.00299. The Morgan fingerprint density at radius 3 is 2.54 bits per heavy atom. The highest BCUT2D eigenvalue weighted by molar-refractivity contribution is 8.00. The second kappa shape index (κ2) is 8.99. The fourth-order valence-electron chi connectivity index (χ4n) is 3.04. The Morgan fingerprint density at radius 1 is 1.00 bits per heavy atom. The summed E-state index contributed by atoms with van der Waals surface area (Å²) < 4.78 is 0. The largest absolute Gasteiger partial charge is 0.348 e. The van der Waals surface area contributed by atoms with E-state index in [1.54, 1.807) is 17.7 Å². The molecular formula is C22H19N3OS2. The van der Waals surface area contributed by atoms with Crippen molar-refractivity contribution in [3.05, 3.63) is 89.6 Å². The monoisotopic (exact) mass is 405 g/mol. The second-order valence-electron chi connectivity index (χ2n) is 6.33. The third-order valence-corrected chi connectivity index (χ3v) is 6.21. The number of benzene rings is 2. The Bertz CT molecular complexity index is 1050. The zero-order chi connectivity index (χ0) is 19.2. The molecule has 0 radical (unpaired) electrons. The maximum Gasteiger partial charge on any atom is 0.230 e. The third kappa shape index (κ3) is 4.58. The van der Waals surface area contributed by atoms with Gasteiger partial charge >= 0.3 is 0 Å². The van der Waals surface area contributed by atoms with Gasteiger partial charge in [-0.1, -0.05) is 72.4 Å². The van der Waals surface area contributed by atoms with Crippen molar-refractivity contribution in [2.24, 2.45) is 0 Å². The summed E-state index contributed by atoms with van der Waals surface area (Å²) >= 11 is 3.03. The van der Waals surface area contributed by atoms with Crippen LogP contribution < -0.4 is 5.32 Å². The molecule has 0 saturated carbocycles. The quantitative estimate of drug-likeness (QED) is 0.352. The van der Waals surface area contributed by atoms with E-state index in [0.29, 0.717) is 5.75 Å². The Balaban J connectivity index is 1.45. The number of fused-ring (bicyclic) bond motifs is 1. The number of thiophene rings is 1. The summed E-state index contributed by atoms with van der Waals surface area (Å²) in [6.45, 7) is 0. The van der Waals surface area contributed by atoms with Gasteiger partial charge in [0.15, 0.2) is 0 Å². The van der Waals surface area contributed by atoms with Crippen LogP contribution in [0.2, 0.25) is 0 Å². The van der Waals surface area contributed by atoms with Gasteiger partial charge in [0.1, 0.15) is 16.2 Å². The number of carbonyl (C=O) groups is 1. The third-order valence-electron chi connectivity index (χ3n) is 4.38. The summed E-state index contributed by atoms with van der Waals surface area (Å²) in [7, 11) is 0. The van der Waals surface area contributed by atoms with Crippen molar-refractivity contribution in [3.8, 4) is 0 Å². The molecule has 0 aliphatic rings. The maximum atomic E-state index is 12.7. The fourth-order valence-corrected chi connectivity index (χ4v) is 4.63. The van der Waals surface area contributed by atoms with Crippen molar-refractivity contribution in [1.29, 1.82) is 0 Å². The lowest BCUT2D eigenvalue weighted by molar-refractivity contribution is -0.119. The Morgan fingerprint density at radius 2 is 1.75 bits per heavy atom. The van der Waals surface area contributed by atoms with Gasteiger partial charge in [0, 0.05) is 5.39 Å². The molecule has 0 unspecified atom stereocenters. The summed E-state index contributed by atoms with van der Waals surface area (Å²) in [6.07, 6.45) is 2.31. The van der Waals surface area contributed by atoms with Gasteiger partial charge in [-0.25, -0.2) is 9.97 Å². The summed E-state index contributed by atoms with van der Waals surface area (Å²) in [5.41, 5.74) is 2.30. The number of aromatic nitrogens is 2. The molecule has 4 aromatic rings. The molecule has 140 valence electrons. The number of hydrogen-bond donors (Lipinski definition) is 1. The smallest absolute Gasteiger partial charge is 0.230 e. The summed E-state index contributed by atoms with van der Waals surface area (Å²) in [4.78, 5) is 22.2. The number of amides is 1. The molecule has 1 atom stereocenters. The Hall–Kier alpha value is -2.70. The van der Waals surface area contributed by atoms with Gasteiger partial charge in [0.05, 0.1) is 11.8 Å². The van der Waals surface area contributed by atoms with Gasteiger partial charge in [0.25, 0.3) is 0 Å². The predicted molar refractivity (Wildman–Crippen MR) is 116 cm³/mol. The van der Waals surface area contributed by atoms with Crippen LogP contribution in [0.1, 0.15) is 17.2 Å². The molecule has 2 aromatic carbocycles. The number of carbonyl (C=O) groups excluding carboxylic acids is 1. The van der Waals surface area contributed by atoms with Gasteiger partial charge in [-0.05, 0) is 29.0 Å². The minimum atomic E-state index is -0.0664. The lowest BCUT2D eigenvalue weighted by Crippen LogP contribution is -2.31. The number of hydrogen-bond acceptors (Lipinski definition) is 5. The highest BCUT2D eigenvalue weighted by Gasteiger charge is 2.16. The molecule has 1 N–H and O–H groups in total. The standard InChI is InChI=1S/C22H19N3OS2/c26-20(14-28-22-18-11-12-27-21(18)23-15-24-22)25-19(17-9-5-2-6-10-17)13-16-7-3-1-4-8-16/h1-12,15,19H,13-14H2,(H,25,26)/t19-/m1/s1. The molecule has 4 rings (SSSR count). The maximum absolute atomic E-state index is 12.7. The van der Waals surface area contributed by atoms with Gasteiger partial charge < -0.3 is 5.32 Å². The fraction of sp³-hybridized carbons (Fsp3) is 0.136. The second-order valence-corrected chi connectivity index (χ2v) is 8.19. The van der Waals surface area contributed by atoms with Crippen molar-refractivity contribution >= 4 is 39.2 Å². The van der Waals surface area contributed by atoms with Crippen molar-refractivity contribution in [3.63, 3.8) is 0 Å². The molecule has 0 bridgehead atoms. The van der Waals surface area contributed by atoms with E-state index >= 15 is 0 Å². The lowest BCUT2D eigenvalue weighted by Gasteiger charge is -2.19. The van der Waals surface area contributed by atoms with E-state index in [2.05, 4.69) is 39.6 Å². The predicted octanol–water partition coefficient (Wildman–Crippen LogP) is 4.88. The molecule has 0 spiro atoms. The molecular weight excluding hydrogens is 386 g/mol.